The minimum absolute atomic E-state index is 0.126. The minimum atomic E-state index is -0.431. The molecule has 0 aromatic heterocycles. The summed E-state index contributed by atoms with van der Waals surface area (Å²) in [5.41, 5.74) is 7.54. The summed E-state index contributed by atoms with van der Waals surface area (Å²) in [6.07, 6.45) is 1.64. The smallest absolute Gasteiger partial charge is 0.173 e. The largest absolute Gasteiger partial charge is 0.489 e. The number of para-hydroxylation sites is 1. The first kappa shape index (κ1) is 13.7. The van der Waals surface area contributed by atoms with E-state index in [1.54, 1.807) is 12.1 Å². The number of ether oxygens (including phenoxy) is 1. The average molecular weight is 280 g/mol. The number of nitrogens with two attached hydrogens (primary N) is 1. The molecule has 0 fully saturated rings. The summed E-state index contributed by atoms with van der Waals surface area (Å²) < 4.78 is 18.8. The Balaban J connectivity index is 1.82. The van der Waals surface area contributed by atoms with Crippen molar-refractivity contribution in [1.29, 1.82) is 0 Å². The number of hydrogen-bond acceptors (Lipinski definition) is 2. The number of hydrogen-bond donors (Lipinski definition) is 1. The van der Waals surface area contributed by atoms with Gasteiger partial charge in [0.2, 0.25) is 0 Å². The van der Waals surface area contributed by atoms with Crippen molar-refractivity contribution in [3.63, 3.8) is 0 Å². The molecule has 0 aliphatic rings. The Kier molecular flexibility index (Phi) is 4.63. The molecule has 0 spiro atoms. The van der Waals surface area contributed by atoms with E-state index >= 15 is 0 Å². The number of halogens is 2. The van der Waals surface area contributed by atoms with Crippen LogP contribution >= 0.6 is 11.6 Å². The van der Waals surface area contributed by atoms with Gasteiger partial charge in [-0.25, -0.2) is 4.39 Å². The summed E-state index contributed by atoms with van der Waals surface area (Å²) in [4.78, 5) is 0. The van der Waals surface area contributed by atoms with E-state index in [9.17, 15) is 4.39 Å². The van der Waals surface area contributed by atoms with Crippen LogP contribution in [0.3, 0.4) is 0 Å². The third-order valence-electron chi connectivity index (χ3n) is 2.75. The van der Waals surface area contributed by atoms with Gasteiger partial charge in [-0.05, 0) is 42.7 Å². The summed E-state index contributed by atoms with van der Waals surface area (Å²) in [6.45, 7) is 0.422. The zero-order valence-electron chi connectivity index (χ0n) is 10.4. The summed E-state index contributed by atoms with van der Waals surface area (Å²) in [5.74, 6) is -0.304. The van der Waals surface area contributed by atoms with Crippen molar-refractivity contribution in [2.75, 3.05) is 12.3 Å². The van der Waals surface area contributed by atoms with Crippen molar-refractivity contribution in [2.24, 2.45) is 0 Å². The Hall–Kier alpha value is -1.74. The Morgan fingerprint density at radius 3 is 2.53 bits per heavy atom. The van der Waals surface area contributed by atoms with Gasteiger partial charge < -0.3 is 10.5 Å². The van der Waals surface area contributed by atoms with Gasteiger partial charge in [0.1, 0.15) is 0 Å². The molecule has 0 radical (unpaired) electrons. The number of rotatable bonds is 5. The topological polar surface area (TPSA) is 35.2 Å². The lowest BCUT2D eigenvalue weighted by molar-refractivity contribution is 0.296. The van der Waals surface area contributed by atoms with Gasteiger partial charge in [-0.1, -0.05) is 29.8 Å². The van der Waals surface area contributed by atoms with E-state index in [4.69, 9.17) is 22.1 Å². The van der Waals surface area contributed by atoms with Gasteiger partial charge in [-0.15, -0.1) is 0 Å². The van der Waals surface area contributed by atoms with Crippen molar-refractivity contribution in [3.05, 3.63) is 58.9 Å². The molecule has 0 heterocycles. The van der Waals surface area contributed by atoms with Crippen molar-refractivity contribution >= 4 is 17.3 Å². The van der Waals surface area contributed by atoms with Gasteiger partial charge in [-0.2, -0.15) is 0 Å². The molecule has 2 nitrogen and oxygen atoms in total. The van der Waals surface area contributed by atoms with Crippen molar-refractivity contribution < 1.29 is 9.13 Å². The standard InChI is InChI=1S/C15H15ClFNO/c16-13-4-1-5-14(17)15(13)19-10-2-3-11-6-8-12(18)9-7-11/h1,4-9H,2-3,10,18H2. The van der Waals surface area contributed by atoms with E-state index < -0.39 is 5.82 Å². The molecule has 0 amide bonds. The first-order chi connectivity index (χ1) is 9.16. The van der Waals surface area contributed by atoms with Crippen LogP contribution in [0.5, 0.6) is 5.75 Å². The summed E-state index contributed by atoms with van der Waals surface area (Å²) in [5, 5.41) is 0.299. The summed E-state index contributed by atoms with van der Waals surface area (Å²) in [7, 11) is 0. The van der Waals surface area contributed by atoms with Crippen LogP contribution in [0.4, 0.5) is 10.1 Å². The zero-order chi connectivity index (χ0) is 13.7. The van der Waals surface area contributed by atoms with Crippen LogP contribution in [0, 0.1) is 5.82 Å². The highest BCUT2D eigenvalue weighted by Crippen LogP contribution is 2.27. The predicted molar refractivity (Wildman–Crippen MR) is 76.1 cm³/mol. The molecule has 4 heteroatoms. The van der Waals surface area contributed by atoms with Crippen LogP contribution in [-0.2, 0) is 6.42 Å². The third-order valence-corrected chi connectivity index (χ3v) is 3.05. The highest BCUT2D eigenvalue weighted by atomic mass is 35.5. The van der Waals surface area contributed by atoms with E-state index in [0.29, 0.717) is 11.6 Å². The van der Waals surface area contributed by atoms with E-state index in [-0.39, 0.29) is 5.75 Å². The molecule has 0 saturated carbocycles. The van der Waals surface area contributed by atoms with Gasteiger partial charge >= 0.3 is 0 Å². The zero-order valence-corrected chi connectivity index (χ0v) is 11.2. The monoisotopic (exact) mass is 279 g/mol. The Labute approximate surface area is 117 Å². The highest BCUT2D eigenvalue weighted by Gasteiger charge is 2.07. The molecule has 2 N–H and O–H groups in total. The lowest BCUT2D eigenvalue weighted by Crippen LogP contribution is -2.01. The maximum absolute atomic E-state index is 13.4. The summed E-state index contributed by atoms with van der Waals surface area (Å²) >= 11 is 5.86. The molecular weight excluding hydrogens is 265 g/mol. The molecule has 0 aliphatic carbocycles. The number of anilines is 1. The first-order valence-electron chi connectivity index (χ1n) is 6.08. The van der Waals surface area contributed by atoms with E-state index in [1.807, 2.05) is 24.3 Å². The third kappa shape index (κ3) is 3.86. The van der Waals surface area contributed by atoms with Crippen LogP contribution in [0.1, 0.15) is 12.0 Å². The molecule has 100 valence electrons. The van der Waals surface area contributed by atoms with Gasteiger partial charge in [0.05, 0.1) is 11.6 Å². The first-order valence-corrected chi connectivity index (χ1v) is 6.46. The maximum atomic E-state index is 13.4. The summed E-state index contributed by atoms with van der Waals surface area (Å²) in [6, 6.07) is 12.2. The number of benzene rings is 2. The quantitative estimate of drug-likeness (QED) is 0.661. The molecule has 0 bridgehead atoms. The average Bonchev–Trinajstić information content (AvgIpc) is 2.39. The maximum Gasteiger partial charge on any atom is 0.173 e. The molecular formula is C15H15ClFNO. The van der Waals surface area contributed by atoms with Crippen molar-refractivity contribution in [2.45, 2.75) is 12.8 Å². The molecule has 0 unspecified atom stereocenters. The van der Waals surface area contributed by atoms with Gasteiger partial charge in [0.15, 0.2) is 11.6 Å². The lowest BCUT2D eigenvalue weighted by Gasteiger charge is -2.08. The predicted octanol–water partition coefficient (Wildman–Crippen LogP) is 4.07. The van der Waals surface area contributed by atoms with Crippen molar-refractivity contribution in [1.82, 2.24) is 0 Å². The molecule has 19 heavy (non-hydrogen) atoms. The van der Waals surface area contributed by atoms with Crippen LogP contribution in [0.25, 0.3) is 0 Å². The van der Waals surface area contributed by atoms with E-state index in [2.05, 4.69) is 0 Å². The second-order valence-corrected chi connectivity index (χ2v) is 4.65. The highest BCUT2D eigenvalue weighted by molar-refractivity contribution is 6.32. The Bertz CT molecular complexity index is 522. The normalized spacial score (nSPS) is 10.4. The fourth-order valence-corrected chi connectivity index (χ4v) is 1.97. The molecule has 0 aliphatic heterocycles. The number of aryl methyl sites for hydroxylation is 1. The van der Waals surface area contributed by atoms with Crippen molar-refractivity contribution in [3.8, 4) is 5.75 Å². The minimum Gasteiger partial charge on any atom is -0.489 e. The second kappa shape index (κ2) is 6.43. The number of nitrogen functional groups attached to an aromatic ring is 1. The molecule has 2 aromatic carbocycles. The SMILES string of the molecule is Nc1ccc(CCCOc2c(F)cccc2Cl)cc1. The van der Waals surface area contributed by atoms with Gasteiger partial charge in [-0.3, -0.25) is 0 Å². The van der Waals surface area contributed by atoms with E-state index in [1.165, 1.54) is 11.6 Å². The second-order valence-electron chi connectivity index (χ2n) is 4.24. The fraction of sp³-hybridized carbons (Fsp3) is 0.200. The Morgan fingerprint density at radius 1 is 1.11 bits per heavy atom. The van der Waals surface area contributed by atoms with Crippen LogP contribution < -0.4 is 10.5 Å². The van der Waals surface area contributed by atoms with Gasteiger partial charge in [0, 0.05) is 5.69 Å². The fourth-order valence-electron chi connectivity index (χ4n) is 1.76. The Morgan fingerprint density at radius 2 is 1.84 bits per heavy atom. The van der Waals surface area contributed by atoms with Crippen LogP contribution in [0.2, 0.25) is 5.02 Å². The molecule has 0 saturated heterocycles. The lowest BCUT2D eigenvalue weighted by atomic mass is 10.1. The molecule has 0 atom stereocenters. The van der Waals surface area contributed by atoms with E-state index in [0.717, 1.165) is 18.5 Å². The molecule has 2 aromatic rings. The van der Waals surface area contributed by atoms with Crippen LogP contribution in [-0.4, -0.2) is 6.61 Å². The molecule has 2 rings (SSSR count). The van der Waals surface area contributed by atoms with Crippen LogP contribution in [0.15, 0.2) is 42.5 Å². The van der Waals surface area contributed by atoms with Gasteiger partial charge in [0.25, 0.3) is 0 Å².